The molecule has 0 saturated carbocycles. The first kappa shape index (κ1) is 12.3. The summed E-state index contributed by atoms with van der Waals surface area (Å²) in [5, 5.41) is 3.35. The van der Waals surface area contributed by atoms with E-state index in [-0.39, 0.29) is 0 Å². The van der Waals surface area contributed by atoms with Crippen molar-refractivity contribution in [2.75, 3.05) is 13.1 Å². The molecule has 92 valence electrons. The molecule has 1 aromatic rings. The van der Waals surface area contributed by atoms with Crippen LogP contribution in [0.1, 0.15) is 43.9 Å². The van der Waals surface area contributed by atoms with Crippen LogP contribution in [0.15, 0.2) is 30.0 Å². The minimum absolute atomic E-state index is 0.563. The number of nitrogens with one attached hydrogen (secondary N) is 1. The lowest BCUT2D eigenvalue weighted by Gasteiger charge is -2.11. The van der Waals surface area contributed by atoms with Crippen molar-refractivity contribution in [3.63, 3.8) is 0 Å². The number of fused-ring (bicyclic) bond motifs is 1. The van der Waals surface area contributed by atoms with Crippen molar-refractivity contribution < 1.29 is 0 Å². The molecule has 2 rings (SSSR count). The van der Waals surface area contributed by atoms with Crippen molar-refractivity contribution in [2.24, 2.45) is 0 Å². The van der Waals surface area contributed by atoms with Gasteiger partial charge in [0.05, 0.1) is 5.69 Å². The molecular formula is C15H22N2. The summed E-state index contributed by atoms with van der Waals surface area (Å²) in [5.41, 5.74) is 4.24. The van der Waals surface area contributed by atoms with E-state index in [1.807, 2.05) is 12.3 Å². The number of hydrogen-bond acceptors (Lipinski definition) is 2. The fourth-order valence-corrected chi connectivity index (χ4v) is 2.58. The van der Waals surface area contributed by atoms with Crippen LogP contribution in [0.25, 0.3) is 0 Å². The predicted molar refractivity (Wildman–Crippen MR) is 72.2 cm³/mol. The highest BCUT2D eigenvalue weighted by molar-refractivity contribution is 5.34. The summed E-state index contributed by atoms with van der Waals surface area (Å²) in [6, 6.07) is 4.26. The number of nitrogens with zero attached hydrogens (tertiary/aromatic N) is 1. The Balaban J connectivity index is 1.99. The average Bonchev–Trinajstić information content (AvgIpc) is 2.78. The van der Waals surface area contributed by atoms with Gasteiger partial charge in [0.2, 0.25) is 0 Å². The zero-order valence-electron chi connectivity index (χ0n) is 10.9. The number of rotatable bonds is 5. The van der Waals surface area contributed by atoms with E-state index in [1.165, 1.54) is 29.7 Å². The van der Waals surface area contributed by atoms with Crippen LogP contribution in [-0.2, 0) is 6.42 Å². The van der Waals surface area contributed by atoms with Crippen LogP contribution in [0.2, 0.25) is 0 Å². The highest BCUT2D eigenvalue weighted by atomic mass is 14.8. The molecule has 1 atom stereocenters. The molecule has 0 amide bonds. The van der Waals surface area contributed by atoms with Gasteiger partial charge in [-0.15, -0.1) is 0 Å². The summed E-state index contributed by atoms with van der Waals surface area (Å²) in [4.78, 5) is 4.55. The number of pyridine rings is 1. The third-order valence-corrected chi connectivity index (χ3v) is 3.55. The Hall–Kier alpha value is -1.15. The lowest BCUT2D eigenvalue weighted by Crippen LogP contribution is -2.13. The molecule has 0 fully saturated rings. The van der Waals surface area contributed by atoms with Gasteiger partial charge in [-0.25, -0.2) is 0 Å². The summed E-state index contributed by atoms with van der Waals surface area (Å²) in [6.45, 7) is 6.53. The van der Waals surface area contributed by atoms with Gasteiger partial charge in [-0.3, -0.25) is 4.98 Å². The second-order valence-electron chi connectivity index (χ2n) is 4.73. The van der Waals surface area contributed by atoms with Crippen LogP contribution >= 0.6 is 0 Å². The molecule has 1 unspecified atom stereocenters. The standard InChI is InChI=1S/C15H22N2/c1-3-16-10-4-6-12(2)14-9-8-13-7-5-11-17-15(13)14/h5-7,11,14,16H,3-4,8-10H2,1-2H3. The highest BCUT2D eigenvalue weighted by Gasteiger charge is 2.24. The van der Waals surface area contributed by atoms with Gasteiger partial charge in [-0.1, -0.05) is 24.6 Å². The lowest BCUT2D eigenvalue weighted by molar-refractivity contribution is 0.711. The maximum absolute atomic E-state index is 4.55. The molecule has 1 aromatic heterocycles. The number of aromatic nitrogens is 1. The predicted octanol–water partition coefficient (Wildman–Crippen LogP) is 3.06. The second-order valence-corrected chi connectivity index (χ2v) is 4.73. The van der Waals surface area contributed by atoms with Crippen molar-refractivity contribution in [3.8, 4) is 0 Å². The Morgan fingerprint density at radius 1 is 1.59 bits per heavy atom. The molecular weight excluding hydrogens is 208 g/mol. The van der Waals surface area contributed by atoms with Crippen molar-refractivity contribution in [3.05, 3.63) is 41.2 Å². The fraction of sp³-hybridized carbons (Fsp3) is 0.533. The van der Waals surface area contributed by atoms with Gasteiger partial charge in [-0.2, -0.15) is 0 Å². The Morgan fingerprint density at radius 3 is 3.29 bits per heavy atom. The maximum atomic E-state index is 4.55. The van der Waals surface area contributed by atoms with Gasteiger partial charge in [0.25, 0.3) is 0 Å². The number of allylic oxidation sites excluding steroid dienone is 1. The zero-order valence-corrected chi connectivity index (χ0v) is 10.9. The van der Waals surface area contributed by atoms with Crippen LogP contribution in [0.3, 0.4) is 0 Å². The first-order valence-electron chi connectivity index (χ1n) is 6.64. The SMILES string of the molecule is CCNCCC=C(C)C1CCc2cccnc21. The van der Waals surface area contributed by atoms with E-state index in [9.17, 15) is 0 Å². The maximum Gasteiger partial charge on any atom is 0.0506 e. The van der Waals surface area contributed by atoms with Crippen molar-refractivity contribution in [1.29, 1.82) is 0 Å². The summed E-state index contributed by atoms with van der Waals surface area (Å²) < 4.78 is 0. The molecule has 2 heteroatoms. The van der Waals surface area contributed by atoms with Crippen LogP contribution < -0.4 is 5.32 Å². The third-order valence-electron chi connectivity index (χ3n) is 3.55. The smallest absolute Gasteiger partial charge is 0.0506 e. The third kappa shape index (κ3) is 2.95. The summed E-state index contributed by atoms with van der Waals surface area (Å²) in [7, 11) is 0. The van der Waals surface area contributed by atoms with Gasteiger partial charge in [0.1, 0.15) is 0 Å². The molecule has 1 N–H and O–H groups in total. The average molecular weight is 230 g/mol. The Morgan fingerprint density at radius 2 is 2.47 bits per heavy atom. The largest absolute Gasteiger partial charge is 0.317 e. The van der Waals surface area contributed by atoms with Crippen molar-refractivity contribution >= 4 is 0 Å². The quantitative estimate of drug-likeness (QED) is 0.621. The Kier molecular flexibility index (Phi) is 4.32. The molecule has 1 aliphatic rings. The molecule has 1 aliphatic carbocycles. The molecule has 0 aliphatic heterocycles. The van der Waals surface area contributed by atoms with E-state index in [2.05, 4.69) is 36.3 Å². The molecule has 0 spiro atoms. The van der Waals surface area contributed by atoms with Gasteiger partial charge in [-0.05, 0) is 50.9 Å². The van der Waals surface area contributed by atoms with Gasteiger partial charge in [0, 0.05) is 12.1 Å². The van der Waals surface area contributed by atoms with Gasteiger partial charge in [0.15, 0.2) is 0 Å². The van der Waals surface area contributed by atoms with E-state index < -0.39 is 0 Å². The zero-order chi connectivity index (χ0) is 12.1. The second kappa shape index (κ2) is 5.97. The summed E-state index contributed by atoms with van der Waals surface area (Å²) in [5.74, 6) is 0.563. The summed E-state index contributed by atoms with van der Waals surface area (Å²) in [6.07, 6.45) is 7.83. The van der Waals surface area contributed by atoms with E-state index in [4.69, 9.17) is 0 Å². The normalized spacial score (nSPS) is 19.4. The molecule has 1 heterocycles. The Labute approximate surface area is 104 Å². The first-order valence-corrected chi connectivity index (χ1v) is 6.64. The Bertz CT molecular complexity index is 396. The van der Waals surface area contributed by atoms with E-state index >= 15 is 0 Å². The minimum atomic E-state index is 0.563. The van der Waals surface area contributed by atoms with Crippen molar-refractivity contribution in [1.82, 2.24) is 10.3 Å². The van der Waals surface area contributed by atoms with Crippen molar-refractivity contribution in [2.45, 2.75) is 39.0 Å². The number of hydrogen-bond donors (Lipinski definition) is 1. The van der Waals surface area contributed by atoms with Gasteiger partial charge < -0.3 is 5.32 Å². The van der Waals surface area contributed by atoms with Crippen LogP contribution in [0.4, 0.5) is 0 Å². The van der Waals surface area contributed by atoms with E-state index in [0.29, 0.717) is 5.92 Å². The molecule has 0 bridgehead atoms. The lowest BCUT2D eigenvalue weighted by atomic mass is 9.97. The topological polar surface area (TPSA) is 24.9 Å². The molecule has 17 heavy (non-hydrogen) atoms. The summed E-state index contributed by atoms with van der Waals surface area (Å²) >= 11 is 0. The highest BCUT2D eigenvalue weighted by Crippen LogP contribution is 2.36. The van der Waals surface area contributed by atoms with E-state index in [0.717, 1.165) is 19.5 Å². The van der Waals surface area contributed by atoms with Crippen LogP contribution in [0, 0.1) is 0 Å². The first-order chi connectivity index (χ1) is 8.33. The number of aryl methyl sites for hydroxylation is 1. The molecule has 0 saturated heterocycles. The molecule has 2 nitrogen and oxygen atoms in total. The van der Waals surface area contributed by atoms with Crippen LogP contribution in [-0.4, -0.2) is 18.1 Å². The van der Waals surface area contributed by atoms with Crippen LogP contribution in [0.5, 0.6) is 0 Å². The molecule has 0 aromatic carbocycles. The minimum Gasteiger partial charge on any atom is -0.317 e. The molecule has 0 radical (unpaired) electrons. The monoisotopic (exact) mass is 230 g/mol. The van der Waals surface area contributed by atoms with Gasteiger partial charge >= 0.3 is 0 Å². The van der Waals surface area contributed by atoms with E-state index in [1.54, 1.807) is 0 Å². The fourth-order valence-electron chi connectivity index (χ4n) is 2.58.